The highest BCUT2D eigenvalue weighted by Gasteiger charge is 2.09. The molecule has 1 heterocycles. The van der Waals surface area contributed by atoms with E-state index in [2.05, 4.69) is 31.3 Å². The quantitative estimate of drug-likeness (QED) is 0.280. The molecule has 0 bridgehead atoms. The summed E-state index contributed by atoms with van der Waals surface area (Å²) >= 11 is 8.05. The Labute approximate surface area is 130 Å². The van der Waals surface area contributed by atoms with Crippen LogP contribution in [0.4, 0.5) is 0 Å². The highest BCUT2D eigenvalue weighted by atomic mass is 79.9. The van der Waals surface area contributed by atoms with Crippen LogP contribution < -0.4 is 5.73 Å². The van der Waals surface area contributed by atoms with Crippen LogP contribution in [0.1, 0.15) is 5.56 Å². The highest BCUT2D eigenvalue weighted by Crippen LogP contribution is 2.34. The molecule has 0 unspecified atom stereocenters. The smallest absolute Gasteiger partial charge is 0.179 e. The summed E-state index contributed by atoms with van der Waals surface area (Å²) in [6.45, 7) is 0. The molecule has 5 nitrogen and oxygen atoms in total. The van der Waals surface area contributed by atoms with Gasteiger partial charge in [-0.3, -0.25) is 0 Å². The van der Waals surface area contributed by atoms with Gasteiger partial charge in [0.05, 0.1) is 0 Å². The van der Waals surface area contributed by atoms with E-state index in [0.29, 0.717) is 5.56 Å². The van der Waals surface area contributed by atoms with E-state index < -0.39 is 0 Å². The Balaban J connectivity index is 2.20. The lowest BCUT2D eigenvalue weighted by atomic mass is 10.2. The fraction of sp³-hybridized carbons (Fsp3) is 0.100. The predicted molar refractivity (Wildman–Crippen MR) is 82.5 cm³/mol. The zero-order valence-electron chi connectivity index (χ0n) is 9.70. The minimum Gasteiger partial charge on any atom is -0.409 e. The van der Waals surface area contributed by atoms with Gasteiger partial charge in [-0.05, 0) is 40.4 Å². The van der Waals surface area contributed by atoms with Crippen molar-refractivity contribution in [3.8, 4) is 0 Å². The average molecular weight is 377 g/mol. The number of benzene rings is 1. The molecule has 1 aromatic carbocycles. The Bertz CT molecular complexity index is 617. The lowest BCUT2D eigenvalue weighted by Crippen LogP contribution is -2.13. The van der Waals surface area contributed by atoms with E-state index in [-0.39, 0.29) is 5.84 Å². The molecule has 1 aromatic heterocycles. The Kier molecular flexibility index (Phi) is 5.08. The van der Waals surface area contributed by atoms with Crippen molar-refractivity contribution in [2.45, 2.75) is 13.6 Å². The van der Waals surface area contributed by atoms with Gasteiger partial charge in [-0.2, -0.15) is 0 Å². The maximum atomic E-state index is 8.67. The number of nitrogens with zero attached hydrogens (tertiary/aromatic N) is 3. The second kappa shape index (κ2) is 6.60. The SMILES string of the molecule is CSc1nnc(Sc2ccc(/C(N)=N/O)c(Br)c2)s1. The molecule has 0 saturated heterocycles. The number of aromatic nitrogens is 2. The van der Waals surface area contributed by atoms with Crippen molar-refractivity contribution < 1.29 is 5.21 Å². The van der Waals surface area contributed by atoms with E-state index >= 15 is 0 Å². The third kappa shape index (κ3) is 3.62. The van der Waals surface area contributed by atoms with Crippen molar-refractivity contribution in [3.05, 3.63) is 28.2 Å². The Morgan fingerprint density at radius 3 is 2.74 bits per heavy atom. The van der Waals surface area contributed by atoms with Crippen molar-refractivity contribution in [1.29, 1.82) is 0 Å². The van der Waals surface area contributed by atoms with Crippen LogP contribution in [0.5, 0.6) is 0 Å². The molecule has 2 aromatic rings. The minimum atomic E-state index is 0.0732. The second-order valence-corrected chi connectivity index (χ2v) is 7.47. The van der Waals surface area contributed by atoms with Crippen molar-refractivity contribution in [2.24, 2.45) is 10.9 Å². The normalized spacial score (nSPS) is 11.8. The van der Waals surface area contributed by atoms with Crippen LogP contribution in [0.25, 0.3) is 0 Å². The predicted octanol–water partition coefficient (Wildman–Crippen LogP) is 3.27. The number of amidine groups is 1. The number of halogens is 1. The van der Waals surface area contributed by atoms with Crippen LogP contribution >= 0.6 is 50.8 Å². The first-order valence-electron chi connectivity index (χ1n) is 4.97. The molecule has 0 atom stereocenters. The van der Waals surface area contributed by atoms with E-state index in [9.17, 15) is 0 Å². The van der Waals surface area contributed by atoms with Crippen LogP contribution in [-0.2, 0) is 0 Å². The summed E-state index contributed by atoms with van der Waals surface area (Å²) in [5, 5.41) is 19.8. The molecule has 0 aliphatic rings. The van der Waals surface area contributed by atoms with E-state index in [1.54, 1.807) is 29.2 Å². The zero-order valence-corrected chi connectivity index (χ0v) is 13.7. The third-order valence-corrected chi connectivity index (χ3v) is 5.69. The summed E-state index contributed by atoms with van der Waals surface area (Å²) < 4.78 is 2.59. The van der Waals surface area contributed by atoms with Crippen molar-refractivity contribution in [1.82, 2.24) is 10.2 Å². The van der Waals surface area contributed by atoms with Gasteiger partial charge in [0.15, 0.2) is 14.5 Å². The largest absolute Gasteiger partial charge is 0.409 e. The maximum Gasteiger partial charge on any atom is 0.179 e. The lowest BCUT2D eigenvalue weighted by molar-refractivity contribution is 0.318. The first-order chi connectivity index (χ1) is 9.13. The topological polar surface area (TPSA) is 84.4 Å². The highest BCUT2D eigenvalue weighted by molar-refractivity contribution is 9.10. The number of nitrogens with two attached hydrogens (primary N) is 1. The molecular formula is C10H9BrN4OS3. The van der Waals surface area contributed by atoms with Crippen molar-refractivity contribution in [3.63, 3.8) is 0 Å². The van der Waals surface area contributed by atoms with Gasteiger partial charge in [-0.15, -0.1) is 10.2 Å². The van der Waals surface area contributed by atoms with Crippen LogP contribution in [0.3, 0.4) is 0 Å². The summed E-state index contributed by atoms with van der Waals surface area (Å²) in [5.74, 6) is 0.0732. The monoisotopic (exact) mass is 376 g/mol. The van der Waals surface area contributed by atoms with Gasteiger partial charge in [0.2, 0.25) is 0 Å². The summed E-state index contributed by atoms with van der Waals surface area (Å²) in [6.07, 6.45) is 1.97. The molecule has 0 spiro atoms. The van der Waals surface area contributed by atoms with Gasteiger partial charge >= 0.3 is 0 Å². The van der Waals surface area contributed by atoms with Gasteiger partial charge in [-0.1, -0.05) is 40.0 Å². The molecule has 9 heteroatoms. The number of hydrogen-bond donors (Lipinski definition) is 2. The molecule has 3 N–H and O–H groups in total. The van der Waals surface area contributed by atoms with Crippen LogP contribution in [0, 0.1) is 0 Å². The zero-order chi connectivity index (χ0) is 13.8. The van der Waals surface area contributed by atoms with Gasteiger partial charge in [0.1, 0.15) is 0 Å². The Morgan fingerprint density at radius 2 is 2.16 bits per heavy atom. The van der Waals surface area contributed by atoms with Crippen LogP contribution in [0.15, 0.2) is 41.4 Å². The fourth-order valence-corrected chi connectivity index (χ4v) is 4.43. The van der Waals surface area contributed by atoms with Gasteiger partial charge < -0.3 is 10.9 Å². The second-order valence-electron chi connectivity index (χ2n) is 3.27. The molecular weight excluding hydrogens is 368 g/mol. The molecule has 0 aliphatic heterocycles. The lowest BCUT2D eigenvalue weighted by Gasteiger charge is -2.04. The Hall–Kier alpha value is -0.770. The Morgan fingerprint density at radius 1 is 1.42 bits per heavy atom. The summed E-state index contributed by atoms with van der Waals surface area (Å²) in [4.78, 5) is 1.00. The molecule has 100 valence electrons. The number of thioether (sulfide) groups is 1. The number of hydrogen-bond acceptors (Lipinski definition) is 7. The number of rotatable bonds is 4. The first kappa shape index (κ1) is 14.6. The van der Waals surface area contributed by atoms with Crippen molar-refractivity contribution >= 4 is 56.6 Å². The summed E-state index contributed by atoms with van der Waals surface area (Å²) in [7, 11) is 0. The fourth-order valence-electron chi connectivity index (χ4n) is 1.24. The summed E-state index contributed by atoms with van der Waals surface area (Å²) in [5.41, 5.74) is 6.21. The number of oxime groups is 1. The van der Waals surface area contributed by atoms with Crippen LogP contribution in [-0.4, -0.2) is 27.5 Å². The molecule has 2 rings (SSSR count). The van der Waals surface area contributed by atoms with Crippen LogP contribution in [0.2, 0.25) is 0 Å². The molecule has 19 heavy (non-hydrogen) atoms. The summed E-state index contributed by atoms with van der Waals surface area (Å²) in [6, 6.07) is 5.58. The molecule has 0 radical (unpaired) electrons. The minimum absolute atomic E-state index is 0.0732. The van der Waals surface area contributed by atoms with E-state index in [1.165, 1.54) is 11.8 Å². The average Bonchev–Trinajstić information content (AvgIpc) is 2.86. The van der Waals surface area contributed by atoms with Gasteiger partial charge in [0, 0.05) is 14.9 Å². The van der Waals surface area contributed by atoms with E-state index in [0.717, 1.165) is 18.0 Å². The van der Waals surface area contributed by atoms with E-state index in [4.69, 9.17) is 10.9 Å². The van der Waals surface area contributed by atoms with Gasteiger partial charge in [0.25, 0.3) is 0 Å². The molecule has 0 saturated carbocycles. The van der Waals surface area contributed by atoms with Crippen molar-refractivity contribution in [2.75, 3.05) is 6.26 Å². The molecule has 0 aliphatic carbocycles. The molecule has 0 amide bonds. The van der Waals surface area contributed by atoms with Gasteiger partial charge in [-0.25, -0.2) is 0 Å². The van der Waals surface area contributed by atoms with E-state index in [1.807, 2.05) is 18.4 Å². The standard InChI is InChI=1S/C10H9BrN4OS3/c1-17-9-13-14-10(19-9)18-5-2-3-6(7(11)4-5)8(12)15-16/h2-4,16H,1H3,(H2,12,15). The third-order valence-electron chi connectivity index (χ3n) is 2.09. The first-order valence-corrected chi connectivity index (χ1v) is 8.62. The molecule has 0 fully saturated rings. The maximum absolute atomic E-state index is 8.67.